The normalized spacial score (nSPS) is 15.7. The zero-order valence-corrected chi connectivity index (χ0v) is 17.7. The van der Waals surface area contributed by atoms with Crippen LogP contribution in [0.5, 0.6) is 5.75 Å². The number of nitrogens with one attached hydrogen (secondary N) is 1. The third-order valence-electron chi connectivity index (χ3n) is 4.86. The van der Waals surface area contributed by atoms with Crippen LogP contribution in [-0.2, 0) is 4.79 Å². The minimum absolute atomic E-state index is 0.0118. The van der Waals surface area contributed by atoms with Crippen LogP contribution < -0.4 is 15.0 Å². The van der Waals surface area contributed by atoms with Crippen molar-refractivity contribution < 1.29 is 18.7 Å². The van der Waals surface area contributed by atoms with Crippen molar-refractivity contribution in [3.05, 3.63) is 89.7 Å². The van der Waals surface area contributed by atoms with Crippen LogP contribution >= 0.6 is 11.8 Å². The van der Waals surface area contributed by atoms with Gasteiger partial charge in [-0.15, -0.1) is 11.8 Å². The van der Waals surface area contributed by atoms with Crippen molar-refractivity contribution in [2.75, 3.05) is 22.6 Å². The number of benzene rings is 3. The number of ether oxygens (including phenoxy) is 1. The lowest BCUT2D eigenvalue weighted by atomic mass is 10.1. The summed E-state index contributed by atoms with van der Waals surface area (Å²) >= 11 is 1.54. The molecule has 5 nitrogen and oxygen atoms in total. The molecule has 1 atom stereocenters. The van der Waals surface area contributed by atoms with Crippen molar-refractivity contribution >= 4 is 35.0 Å². The molecule has 31 heavy (non-hydrogen) atoms. The second kappa shape index (κ2) is 9.22. The summed E-state index contributed by atoms with van der Waals surface area (Å²) in [6.45, 7) is 2.41. The molecule has 4 rings (SSSR count). The number of amides is 2. The van der Waals surface area contributed by atoms with Gasteiger partial charge in [0.25, 0.3) is 5.91 Å². The molecular weight excluding hydrogens is 415 g/mol. The summed E-state index contributed by atoms with van der Waals surface area (Å²) in [6.07, 6.45) is 0. The van der Waals surface area contributed by atoms with E-state index in [0.717, 1.165) is 11.3 Å². The van der Waals surface area contributed by atoms with Gasteiger partial charge in [-0.05, 0) is 48.9 Å². The summed E-state index contributed by atoms with van der Waals surface area (Å²) in [6, 6.07) is 20.6. The summed E-state index contributed by atoms with van der Waals surface area (Å²) in [5.41, 5.74) is 2.20. The van der Waals surface area contributed by atoms with Crippen molar-refractivity contribution in [1.82, 2.24) is 0 Å². The second-order valence-electron chi connectivity index (χ2n) is 6.88. The van der Waals surface area contributed by atoms with Crippen molar-refractivity contribution in [3.8, 4) is 5.75 Å². The third kappa shape index (κ3) is 4.41. The molecule has 3 aromatic rings. The zero-order chi connectivity index (χ0) is 21.8. The van der Waals surface area contributed by atoms with Gasteiger partial charge < -0.3 is 10.1 Å². The lowest BCUT2D eigenvalue weighted by molar-refractivity contribution is -0.115. The van der Waals surface area contributed by atoms with Crippen LogP contribution in [-0.4, -0.2) is 24.2 Å². The molecule has 2 amide bonds. The van der Waals surface area contributed by atoms with Gasteiger partial charge in [0.05, 0.1) is 23.6 Å². The van der Waals surface area contributed by atoms with E-state index < -0.39 is 11.7 Å². The SMILES string of the molecule is CCOc1ccccc1N1C(=O)CS[C@@H]1c1ccc(NC(=O)c2ccccc2F)cc1. The quantitative estimate of drug-likeness (QED) is 0.573. The van der Waals surface area contributed by atoms with Gasteiger partial charge in [0, 0.05) is 5.69 Å². The van der Waals surface area contributed by atoms with Crippen LogP contribution in [0.4, 0.5) is 15.8 Å². The van der Waals surface area contributed by atoms with E-state index in [2.05, 4.69) is 5.32 Å². The Morgan fingerprint density at radius 2 is 1.81 bits per heavy atom. The molecule has 1 aliphatic rings. The molecule has 7 heteroatoms. The van der Waals surface area contributed by atoms with E-state index in [0.29, 0.717) is 23.8 Å². The number of para-hydroxylation sites is 2. The van der Waals surface area contributed by atoms with Gasteiger partial charge in [-0.2, -0.15) is 0 Å². The number of anilines is 2. The van der Waals surface area contributed by atoms with Crippen molar-refractivity contribution in [2.24, 2.45) is 0 Å². The van der Waals surface area contributed by atoms with Crippen LogP contribution in [0.2, 0.25) is 0 Å². The Kier molecular flexibility index (Phi) is 6.23. The molecule has 0 aromatic heterocycles. The third-order valence-corrected chi connectivity index (χ3v) is 6.08. The maximum absolute atomic E-state index is 13.8. The van der Waals surface area contributed by atoms with Crippen LogP contribution in [0.15, 0.2) is 72.8 Å². The van der Waals surface area contributed by atoms with Crippen LogP contribution in [0.1, 0.15) is 28.2 Å². The highest BCUT2D eigenvalue weighted by molar-refractivity contribution is 8.00. The molecule has 1 fully saturated rings. The van der Waals surface area contributed by atoms with Gasteiger partial charge in [0.2, 0.25) is 5.91 Å². The maximum atomic E-state index is 13.8. The van der Waals surface area contributed by atoms with E-state index in [1.165, 1.54) is 30.0 Å². The Balaban J connectivity index is 1.55. The smallest absolute Gasteiger partial charge is 0.258 e. The molecule has 0 unspecified atom stereocenters. The van der Waals surface area contributed by atoms with E-state index >= 15 is 0 Å². The van der Waals surface area contributed by atoms with Crippen LogP contribution in [0.3, 0.4) is 0 Å². The van der Waals surface area contributed by atoms with Crippen molar-refractivity contribution in [2.45, 2.75) is 12.3 Å². The Morgan fingerprint density at radius 1 is 1.10 bits per heavy atom. The first kappa shape index (κ1) is 20.9. The Bertz CT molecular complexity index is 1100. The number of rotatable bonds is 6. The summed E-state index contributed by atoms with van der Waals surface area (Å²) in [5, 5.41) is 2.50. The molecule has 0 bridgehead atoms. The molecule has 0 saturated carbocycles. The van der Waals surface area contributed by atoms with Gasteiger partial charge >= 0.3 is 0 Å². The Hall–Kier alpha value is -3.32. The monoisotopic (exact) mass is 436 g/mol. The Labute approximate surface area is 184 Å². The molecule has 1 aliphatic heterocycles. The number of halogens is 1. The highest BCUT2D eigenvalue weighted by Gasteiger charge is 2.35. The molecule has 1 saturated heterocycles. The fraction of sp³-hybridized carbons (Fsp3) is 0.167. The molecule has 0 radical (unpaired) electrons. The zero-order valence-electron chi connectivity index (χ0n) is 16.9. The van der Waals surface area contributed by atoms with E-state index in [1.807, 2.05) is 43.3 Å². The average molecular weight is 437 g/mol. The Morgan fingerprint density at radius 3 is 2.55 bits per heavy atom. The second-order valence-corrected chi connectivity index (χ2v) is 7.95. The number of nitrogens with zero attached hydrogens (tertiary/aromatic N) is 1. The maximum Gasteiger partial charge on any atom is 0.258 e. The molecule has 1 heterocycles. The van der Waals surface area contributed by atoms with E-state index in [1.54, 1.807) is 23.1 Å². The molecule has 0 spiro atoms. The molecule has 158 valence electrons. The van der Waals surface area contributed by atoms with E-state index in [9.17, 15) is 14.0 Å². The van der Waals surface area contributed by atoms with Crippen LogP contribution in [0, 0.1) is 5.82 Å². The topological polar surface area (TPSA) is 58.6 Å². The first-order chi connectivity index (χ1) is 15.1. The molecule has 1 N–H and O–H groups in total. The van der Waals surface area contributed by atoms with Gasteiger partial charge in [-0.3, -0.25) is 14.5 Å². The van der Waals surface area contributed by atoms with Gasteiger partial charge in [-0.25, -0.2) is 4.39 Å². The lowest BCUT2D eigenvalue weighted by Crippen LogP contribution is -2.28. The average Bonchev–Trinajstić information content (AvgIpc) is 3.16. The predicted molar refractivity (Wildman–Crippen MR) is 121 cm³/mol. The summed E-state index contributed by atoms with van der Waals surface area (Å²) < 4.78 is 19.5. The highest BCUT2D eigenvalue weighted by Crippen LogP contribution is 2.44. The number of carbonyl (C=O) groups is 2. The number of hydrogen-bond acceptors (Lipinski definition) is 4. The van der Waals surface area contributed by atoms with Gasteiger partial charge in [0.1, 0.15) is 16.9 Å². The van der Waals surface area contributed by atoms with Gasteiger partial charge in [0.15, 0.2) is 0 Å². The standard InChI is InChI=1S/C24H21FN2O3S/c1-2-30-21-10-6-5-9-20(21)27-22(28)15-31-24(27)16-11-13-17(14-12-16)26-23(29)18-7-3-4-8-19(18)25/h3-14,24H,2,15H2,1H3,(H,26,29)/t24-/m1/s1. The first-order valence-electron chi connectivity index (χ1n) is 9.90. The lowest BCUT2D eigenvalue weighted by Gasteiger charge is -2.26. The van der Waals surface area contributed by atoms with Gasteiger partial charge in [-0.1, -0.05) is 36.4 Å². The van der Waals surface area contributed by atoms with Crippen molar-refractivity contribution in [3.63, 3.8) is 0 Å². The largest absolute Gasteiger partial charge is 0.492 e. The number of carbonyl (C=O) groups excluding carboxylic acids is 2. The van der Waals surface area contributed by atoms with E-state index in [4.69, 9.17) is 4.74 Å². The van der Waals surface area contributed by atoms with Crippen LogP contribution in [0.25, 0.3) is 0 Å². The molecule has 3 aromatic carbocycles. The predicted octanol–water partition coefficient (Wildman–Crippen LogP) is 5.26. The minimum Gasteiger partial charge on any atom is -0.492 e. The minimum atomic E-state index is -0.568. The summed E-state index contributed by atoms with van der Waals surface area (Å²) in [7, 11) is 0. The molecular formula is C24H21FN2O3S. The summed E-state index contributed by atoms with van der Waals surface area (Å²) in [5.74, 6) is -0.0278. The van der Waals surface area contributed by atoms with E-state index in [-0.39, 0.29) is 16.8 Å². The highest BCUT2D eigenvalue weighted by atomic mass is 32.2. The number of hydrogen-bond donors (Lipinski definition) is 1. The fourth-order valence-corrected chi connectivity index (χ4v) is 4.61. The summed E-state index contributed by atoms with van der Waals surface area (Å²) in [4.78, 5) is 26.8. The van der Waals surface area contributed by atoms with Crippen molar-refractivity contribution in [1.29, 1.82) is 0 Å². The molecule has 0 aliphatic carbocycles. The first-order valence-corrected chi connectivity index (χ1v) is 10.9. The number of thioether (sulfide) groups is 1. The fourth-order valence-electron chi connectivity index (χ4n) is 3.44.